The van der Waals surface area contributed by atoms with Crippen molar-refractivity contribution in [1.82, 2.24) is 4.90 Å². The minimum Gasteiger partial charge on any atom is -0.497 e. The molecule has 0 aliphatic heterocycles. The number of hydrogen-bond donors (Lipinski definition) is 1. The van der Waals surface area contributed by atoms with Crippen LogP contribution in [0.15, 0.2) is 48.5 Å². The van der Waals surface area contributed by atoms with Crippen molar-refractivity contribution in [2.24, 2.45) is 5.73 Å². The van der Waals surface area contributed by atoms with Crippen LogP contribution in [0.25, 0.3) is 0 Å². The van der Waals surface area contributed by atoms with Gasteiger partial charge in [-0.05, 0) is 18.1 Å². The molecular formula is C19H26N2O2. The van der Waals surface area contributed by atoms with Crippen LogP contribution in [-0.2, 0) is 13.0 Å². The number of rotatable bonds is 9. The monoisotopic (exact) mass is 314 g/mol. The second-order valence-corrected chi connectivity index (χ2v) is 5.48. The number of ether oxygens (including phenoxy) is 2. The van der Waals surface area contributed by atoms with Gasteiger partial charge in [0.15, 0.2) is 0 Å². The normalized spacial score (nSPS) is 10.8. The predicted molar refractivity (Wildman–Crippen MR) is 94.0 cm³/mol. The molecule has 0 aliphatic carbocycles. The van der Waals surface area contributed by atoms with Crippen LogP contribution in [-0.4, -0.2) is 38.8 Å². The third-order valence-electron chi connectivity index (χ3n) is 3.89. The minimum absolute atomic E-state index is 0.646. The Morgan fingerprint density at radius 1 is 0.957 bits per heavy atom. The van der Waals surface area contributed by atoms with E-state index in [0.29, 0.717) is 6.54 Å². The van der Waals surface area contributed by atoms with Crippen molar-refractivity contribution in [3.05, 3.63) is 59.7 Å². The van der Waals surface area contributed by atoms with Crippen molar-refractivity contribution >= 4 is 0 Å². The van der Waals surface area contributed by atoms with Crippen LogP contribution in [0.2, 0.25) is 0 Å². The van der Waals surface area contributed by atoms with Crippen LogP contribution < -0.4 is 15.2 Å². The average molecular weight is 314 g/mol. The Kier molecular flexibility index (Phi) is 6.91. The van der Waals surface area contributed by atoms with E-state index in [0.717, 1.165) is 43.1 Å². The van der Waals surface area contributed by atoms with Crippen LogP contribution in [0.1, 0.15) is 11.1 Å². The zero-order valence-corrected chi connectivity index (χ0v) is 14.0. The van der Waals surface area contributed by atoms with Crippen molar-refractivity contribution < 1.29 is 9.47 Å². The first-order valence-corrected chi connectivity index (χ1v) is 7.94. The SMILES string of the molecule is COc1ccc(CN(CCN)CCc2ccccc2)c(OC)c1. The van der Waals surface area contributed by atoms with E-state index in [1.165, 1.54) is 5.56 Å². The van der Waals surface area contributed by atoms with E-state index in [1.54, 1.807) is 14.2 Å². The fourth-order valence-corrected chi connectivity index (χ4v) is 2.61. The van der Waals surface area contributed by atoms with E-state index in [2.05, 4.69) is 35.2 Å². The van der Waals surface area contributed by atoms with Gasteiger partial charge in [-0.3, -0.25) is 4.90 Å². The van der Waals surface area contributed by atoms with Gasteiger partial charge >= 0.3 is 0 Å². The summed E-state index contributed by atoms with van der Waals surface area (Å²) in [5.41, 5.74) is 8.27. The summed E-state index contributed by atoms with van der Waals surface area (Å²) >= 11 is 0. The highest BCUT2D eigenvalue weighted by Crippen LogP contribution is 2.25. The second-order valence-electron chi connectivity index (χ2n) is 5.48. The van der Waals surface area contributed by atoms with Crippen LogP contribution >= 0.6 is 0 Å². The van der Waals surface area contributed by atoms with Crippen LogP contribution in [0.5, 0.6) is 11.5 Å². The van der Waals surface area contributed by atoms with Gasteiger partial charge in [0.05, 0.1) is 14.2 Å². The van der Waals surface area contributed by atoms with Crippen molar-refractivity contribution in [2.75, 3.05) is 33.9 Å². The number of benzene rings is 2. The molecule has 2 aromatic rings. The molecule has 0 spiro atoms. The van der Waals surface area contributed by atoms with Crippen LogP contribution in [0, 0.1) is 0 Å². The zero-order chi connectivity index (χ0) is 16.5. The number of hydrogen-bond acceptors (Lipinski definition) is 4. The zero-order valence-electron chi connectivity index (χ0n) is 14.0. The second kappa shape index (κ2) is 9.18. The lowest BCUT2D eigenvalue weighted by atomic mass is 10.1. The summed E-state index contributed by atoms with van der Waals surface area (Å²) in [4.78, 5) is 2.36. The van der Waals surface area contributed by atoms with Gasteiger partial charge in [-0.25, -0.2) is 0 Å². The first-order valence-electron chi connectivity index (χ1n) is 7.94. The Bertz CT molecular complexity index is 587. The number of methoxy groups -OCH3 is 2. The highest BCUT2D eigenvalue weighted by atomic mass is 16.5. The van der Waals surface area contributed by atoms with Gasteiger partial charge in [-0.2, -0.15) is 0 Å². The van der Waals surface area contributed by atoms with E-state index >= 15 is 0 Å². The molecule has 0 unspecified atom stereocenters. The third kappa shape index (κ3) is 5.27. The molecule has 0 bridgehead atoms. The number of nitrogens with zero attached hydrogens (tertiary/aromatic N) is 1. The lowest BCUT2D eigenvalue weighted by Gasteiger charge is -2.23. The third-order valence-corrected chi connectivity index (χ3v) is 3.89. The quantitative estimate of drug-likeness (QED) is 0.773. The molecule has 0 atom stereocenters. The van der Waals surface area contributed by atoms with Gasteiger partial charge in [0.1, 0.15) is 11.5 Å². The molecule has 2 N–H and O–H groups in total. The summed E-state index contributed by atoms with van der Waals surface area (Å²) < 4.78 is 10.7. The molecule has 0 fully saturated rings. The fourth-order valence-electron chi connectivity index (χ4n) is 2.61. The smallest absolute Gasteiger partial charge is 0.127 e. The van der Waals surface area contributed by atoms with Gasteiger partial charge in [-0.15, -0.1) is 0 Å². The predicted octanol–water partition coefficient (Wildman–Crippen LogP) is 2.71. The van der Waals surface area contributed by atoms with E-state index in [4.69, 9.17) is 15.2 Å². The molecule has 0 aliphatic rings. The lowest BCUT2D eigenvalue weighted by molar-refractivity contribution is 0.271. The molecule has 0 aromatic heterocycles. The maximum absolute atomic E-state index is 5.78. The lowest BCUT2D eigenvalue weighted by Crippen LogP contribution is -2.31. The molecule has 2 aromatic carbocycles. The molecule has 0 amide bonds. The van der Waals surface area contributed by atoms with Crippen LogP contribution in [0.4, 0.5) is 0 Å². The van der Waals surface area contributed by atoms with Crippen LogP contribution in [0.3, 0.4) is 0 Å². The maximum Gasteiger partial charge on any atom is 0.127 e. The first-order chi connectivity index (χ1) is 11.3. The highest BCUT2D eigenvalue weighted by molar-refractivity contribution is 5.40. The van der Waals surface area contributed by atoms with E-state index in [1.807, 2.05) is 18.2 Å². The molecule has 0 saturated heterocycles. The maximum atomic E-state index is 5.78. The van der Waals surface area contributed by atoms with Gasteiger partial charge in [0.2, 0.25) is 0 Å². The average Bonchev–Trinajstić information content (AvgIpc) is 2.61. The topological polar surface area (TPSA) is 47.7 Å². The Balaban J connectivity index is 2.03. The largest absolute Gasteiger partial charge is 0.497 e. The van der Waals surface area contributed by atoms with Crippen molar-refractivity contribution in [2.45, 2.75) is 13.0 Å². The van der Waals surface area contributed by atoms with Crippen molar-refractivity contribution in [1.29, 1.82) is 0 Å². The summed E-state index contributed by atoms with van der Waals surface area (Å²) in [6, 6.07) is 16.5. The van der Waals surface area contributed by atoms with Gasteiger partial charge in [0, 0.05) is 37.8 Å². The minimum atomic E-state index is 0.646. The summed E-state index contributed by atoms with van der Waals surface area (Å²) in [5, 5.41) is 0. The Morgan fingerprint density at radius 2 is 1.74 bits per heavy atom. The Hall–Kier alpha value is -2.04. The molecule has 2 rings (SSSR count). The first kappa shape index (κ1) is 17.3. The van der Waals surface area contributed by atoms with Gasteiger partial charge in [0.25, 0.3) is 0 Å². The van der Waals surface area contributed by atoms with Crippen molar-refractivity contribution in [3.8, 4) is 11.5 Å². The molecule has 4 nitrogen and oxygen atoms in total. The standard InChI is InChI=1S/C19H26N2O2/c1-22-18-9-8-17(19(14-18)23-2)15-21(13-11-20)12-10-16-6-4-3-5-7-16/h3-9,14H,10-13,15,20H2,1-2H3. The Morgan fingerprint density at radius 3 is 2.39 bits per heavy atom. The van der Waals surface area contributed by atoms with E-state index in [9.17, 15) is 0 Å². The molecule has 0 saturated carbocycles. The molecule has 23 heavy (non-hydrogen) atoms. The van der Waals surface area contributed by atoms with E-state index in [-0.39, 0.29) is 0 Å². The summed E-state index contributed by atoms with van der Waals surface area (Å²) in [6.45, 7) is 3.29. The molecule has 4 heteroatoms. The molecule has 0 heterocycles. The van der Waals surface area contributed by atoms with Gasteiger partial charge in [-0.1, -0.05) is 36.4 Å². The molecule has 124 valence electrons. The highest BCUT2D eigenvalue weighted by Gasteiger charge is 2.10. The summed E-state index contributed by atoms with van der Waals surface area (Å²) in [6.07, 6.45) is 1.01. The van der Waals surface area contributed by atoms with Gasteiger partial charge < -0.3 is 15.2 Å². The fraction of sp³-hybridized carbons (Fsp3) is 0.368. The molecular weight excluding hydrogens is 288 g/mol. The molecule has 0 radical (unpaired) electrons. The van der Waals surface area contributed by atoms with Crippen molar-refractivity contribution in [3.63, 3.8) is 0 Å². The van der Waals surface area contributed by atoms with E-state index < -0.39 is 0 Å². The number of nitrogens with two attached hydrogens (primary N) is 1. The summed E-state index contributed by atoms with van der Waals surface area (Å²) in [7, 11) is 3.35. The Labute approximate surface area is 138 Å². The summed E-state index contributed by atoms with van der Waals surface area (Å²) in [5.74, 6) is 1.66.